The Kier molecular flexibility index (Phi) is 13.2. The molecular weight excluding hydrogens is 534 g/mol. The van der Waals surface area contributed by atoms with Gasteiger partial charge < -0.3 is 0 Å². The zero-order valence-electron chi connectivity index (χ0n) is 22.2. The van der Waals surface area contributed by atoms with Crippen LogP contribution in [0.4, 0.5) is 0 Å². The number of unbranched alkanes of at least 4 members (excludes halogenated alkanes) is 1. The zero-order valence-corrected chi connectivity index (χ0v) is 26.1. The summed E-state index contributed by atoms with van der Waals surface area (Å²) in [7, 11) is 10.3. The van der Waals surface area contributed by atoms with Crippen LogP contribution in [-0.4, -0.2) is 4.21 Å². The molecule has 0 nitrogen and oxygen atoms in total. The van der Waals surface area contributed by atoms with Crippen molar-refractivity contribution in [2.45, 2.75) is 79.1 Å². The fourth-order valence-electron chi connectivity index (χ4n) is 3.20. The monoisotopic (exact) mass is 572 g/mol. The molecule has 0 unspecified atom stereocenters. The molecule has 0 bridgehead atoms. The van der Waals surface area contributed by atoms with Gasteiger partial charge in [0.25, 0.3) is 0 Å². The first-order chi connectivity index (χ1) is 15.8. The molecule has 0 saturated heterocycles. The van der Waals surface area contributed by atoms with E-state index in [0.29, 0.717) is 0 Å². The van der Waals surface area contributed by atoms with Gasteiger partial charge in [0.2, 0.25) is 0 Å². The van der Waals surface area contributed by atoms with Gasteiger partial charge in [-0.05, 0) is 10.8 Å². The van der Waals surface area contributed by atoms with E-state index in [0.717, 1.165) is 0 Å². The summed E-state index contributed by atoms with van der Waals surface area (Å²) in [5, 5.41) is 5.48. The van der Waals surface area contributed by atoms with E-state index in [9.17, 15) is 0 Å². The van der Waals surface area contributed by atoms with Gasteiger partial charge in [-0.1, -0.05) is 104 Å². The van der Waals surface area contributed by atoms with Crippen molar-refractivity contribution >= 4 is 42.8 Å². The van der Waals surface area contributed by atoms with Gasteiger partial charge in [-0.15, -0.1) is 45.8 Å². The minimum absolute atomic E-state index is 0.203. The number of benzene rings is 2. The Bertz CT molecular complexity index is 1070. The molecule has 0 heterocycles. The molecule has 3 aromatic rings. The molecule has 184 valence electrons. The maximum absolute atomic E-state index is 5.13. The SMILES string of the molecule is C1=[C-]C=CC=1.CC(C)(C)c1ccc2c(c1)[cH-]c1cc(C(C)(C)C)ccc12.CCCC.[CH2]=[Zr]([Cl])[Cl]. The molecule has 34 heavy (non-hydrogen) atoms. The van der Waals surface area contributed by atoms with Gasteiger partial charge in [0, 0.05) is 0 Å². The van der Waals surface area contributed by atoms with E-state index in [2.05, 4.69) is 114 Å². The van der Waals surface area contributed by atoms with E-state index in [1.54, 1.807) is 0 Å². The molecule has 0 atom stereocenters. The molecule has 3 aromatic carbocycles. The number of hydrogen-bond acceptors (Lipinski definition) is 0. The fourth-order valence-corrected chi connectivity index (χ4v) is 3.20. The van der Waals surface area contributed by atoms with Crippen LogP contribution >= 0.6 is 17.0 Å². The average Bonchev–Trinajstić information content (AvgIpc) is 3.42. The van der Waals surface area contributed by atoms with Crippen molar-refractivity contribution in [1.29, 1.82) is 0 Å². The molecule has 0 fully saturated rings. The second-order valence-corrected chi connectivity index (χ2v) is 18.6. The van der Waals surface area contributed by atoms with Gasteiger partial charge in [-0.3, -0.25) is 5.73 Å². The van der Waals surface area contributed by atoms with Crippen LogP contribution in [0.2, 0.25) is 0 Å². The summed E-state index contributed by atoms with van der Waals surface area (Å²) in [6.45, 7) is 18.0. The second kappa shape index (κ2) is 14.5. The number of allylic oxidation sites excluding steroid dienone is 3. The van der Waals surface area contributed by atoms with E-state index >= 15 is 0 Å². The average molecular weight is 575 g/mol. The molecule has 0 radical (unpaired) electrons. The second-order valence-electron chi connectivity index (χ2n) is 10.4. The zero-order chi connectivity index (χ0) is 25.9. The first kappa shape index (κ1) is 30.9. The number of rotatable bonds is 1. The Morgan fingerprint density at radius 3 is 1.50 bits per heavy atom. The topological polar surface area (TPSA) is 0 Å². The van der Waals surface area contributed by atoms with Gasteiger partial charge >= 0.3 is 40.1 Å². The number of halogens is 2. The Morgan fingerprint density at radius 1 is 0.853 bits per heavy atom. The van der Waals surface area contributed by atoms with Crippen LogP contribution in [0.3, 0.4) is 0 Å². The summed E-state index contributed by atoms with van der Waals surface area (Å²) in [4.78, 5) is 0. The summed E-state index contributed by atoms with van der Waals surface area (Å²) < 4.78 is 3.37. The van der Waals surface area contributed by atoms with Crippen LogP contribution in [-0.2, 0) is 29.7 Å². The molecule has 0 N–H and O–H groups in total. The van der Waals surface area contributed by atoms with Crippen molar-refractivity contribution in [2.75, 3.05) is 0 Å². The number of fused-ring (bicyclic) bond motifs is 3. The first-order valence-corrected chi connectivity index (χ1v) is 20.0. The number of hydrogen-bond donors (Lipinski definition) is 0. The Balaban J connectivity index is 0.000000364. The Morgan fingerprint density at radius 2 is 1.26 bits per heavy atom. The molecule has 0 aromatic heterocycles. The summed E-state index contributed by atoms with van der Waals surface area (Å²) in [6, 6.07) is 16.2. The van der Waals surface area contributed by atoms with Crippen LogP contribution in [0.1, 0.15) is 79.4 Å². The van der Waals surface area contributed by atoms with Gasteiger partial charge in [-0.25, -0.2) is 6.08 Å². The van der Waals surface area contributed by atoms with Crippen LogP contribution in [0.5, 0.6) is 0 Å². The minimum atomic E-state index is -1.85. The van der Waals surface area contributed by atoms with Crippen LogP contribution in [0.25, 0.3) is 21.5 Å². The van der Waals surface area contributed by atoms with Gasteiger partial charge in [0.1, 0.15) is 0 Å². The van der Waals surface area contributed by atoms with Crippen molar-refractivity contribution < 1.29 is 18.9 Å². The molecule has 0 spiro atoms. The summed E-state index contributed by atoms with van der Waals surface area (Å²) in [5.74, 6) is 0. The quantitative estimate of drug-likeness (QED) is 0.200. The fraction of sp³-hybridized carbons (Fsp3) is 0.387. The summed E-state index contributed by atoms with van der Waals surface area (Å²) in [6.07, 6.45) is 10.9. The molecule has 0 aliphatic heterocycles. The molecule has 0 amide bonds. The Hall–Kier alpha value is -1.10. The van der Waals surface area contributed by atoms with E-state index in [1.807, 2.05) is 18.2 Å². The van der Waals surface area contributed by atoms with Crippen molar-refractivity contribution in [3.8, 4) is 0 Å². The van der Waals surface area contributed by atoms with E-state index in [1.165, 1.54) is 45.5 Å². The Labute approximate surface area is 223 Å². The maximum atomic E-state index is 5.13. The predicted octanol–water partition coefficient (Wildman–Crippen LogP) is 10.5. The molecule has 4 rings (SSSR count). The van der Waals surface area contributed by atoms with E-state index < -0.39 is 18.9 Å². The molecular formula is C31H40Cl2Zr-2. The molecule has 3 heteroatoms. The van der Waals surface area contributed by atoms with Crippen molar-refractivity contribution in [3.05, 3.63) is 83.6 Å². The molecule has 1 aliphatic rings. The van der Waals surface area contributed by atoms with Crippen LogP contribution < -0.4 is 0 Å². The van der Waals surface area contributed by atoms with Gasteiger partial charge in [-0.2, -0.15) is 12.2 Å². The normalized spacial score (nSPS) is 11.9. The van der Waals surface area contributed by atoms with E-state index in [-0.39, 0.29) is 10.8 Å². The summed E-state index contributed by atoms with van der Waals surface area (Å²) in [5.41, 5.74) is 5.95. The third-order valence-electron chi connectivity index (χ3n) is 5.38. The van der Waals surface area contributed by atoms with Gasteiger partial charge in [0.15, 0.2) is 0 Å². The molecule has 0 saturated carbocycles. The predicted molar refractivity (Wildman–Crippen MR) is 154 cm³/mol. The van der Waals surface area contributed by atoms with Gasteiger partial charge in [0.05, 0.1) is 0 Å². The van der Waals surface area contributed by atoms with Crippen molar-refractivity contribution in [2.24, 2.45) is 0 Å². The van der Waals surface area contributed by atoms with Crippen molar-refractivity contribution in [1.82, 2.24) is 0 Å². The van der Waals surface area contributed by atoms with Crippen LogP contribution in [0, 0.1) is 6.08 Å². The third kappa shape index (κ3) is 10.7. The van der Waals surface area contributed by atoms with E-state index in [4.69, 9.17) is 17.0 Å². The third-order valence-corrected chi connectivity index (χ3v) is 5.38. The van der Waals surface area contributed by atoms with Crippen molar-refractivity contribution in [3.63, 3.8) is 0 Å². The molecule has 1 aliphatic carbocycles. The summed E-state index contributed by atoms with van der Waals surface area (Å²) >= 11 is -1.85. The first-order valence-electron chi connectivity index (χ1n) is 11.9. The standard InChI is InChI=1S/C21H25.C5H3.C4H10.CH2.2ClH.Zr/c1-20(2,3)16-7-9-18-14(12-16)11-15-13-17(21(4,5)6)8-10-19(15)18;1-2-4-5-3-1;1-3-4-2;;;;/h7-13H,1-6H3;1-3H;3-4H2,1-2H3;1H2;2*1H;/q2*-1;;;;;+2/p-2. The van der Waals surface area contributed by atoms with Crippen LogP contribution in [0.15, 0.2) is 66.4 Å².